The summed E-state index contributed by atoms with van der Waals surface area (Å²) in [5, 5.41) is 3.65. The lowest BCUT2D eigenvalue weighted by molar-refractivity contribution is -0.132. The molecule has 3 rings (SSSR count). The first-order valence-corrected chi connectivity index (χ1v) is 9.44. The van der Waals surface area contributed by atoms with Gasteiger partial charge in [-0.1, -0.05) is 45.0 Å². The van der Waals surface area contributed by atoms with Crippen LogP contribution in [0.5, 0.6) is 0 Å². The van der Waals surface area contributed by atoms with Crippen molar-refractivity contribution in [3.8, 4) is 0 Å². The monoisotopic (exact) mass is 364 g/mol. The molecule has 2 fully saturated rings. The molecule has 25 heavy (non-hydrogen) atoms. The molecule has 0 saturated carbocycles. The highest BCUT2D eigenvalue weighted by Crippen LogP contribution is 2.29. The first kappa shape index (κ1) is 20.3. The van der Waals surface area contributed by atoms with E-state index in [9.17, 15) is 4.79 Å². The fourth-order valence-electron chi connectivity index (χ4n) is 4.15. The normalized spacial score (nSPS) is 25.4. The number of hydrogen-bond acceptors (Lipinski definition) is 2. The maximum atomic E-state index is 12.6. The fraction of sp³-hybridized carbons (Fsp3) is 0.667. The minimum absolute atomic E-state index is 0. The third-order valence-electron chi connectivity index (χ3n) is 5.84. The molecule has 1 amide bonds. The van der Waals surface area contributed by atoms with Gasteiger partial charge in [0.25, 0.3) is 0 Å². The number of fused-ring (bicyclic) bond motifs is 2. The number of nitrogens with zero attached hydrogens (tertiary/aromatic N) is 1. The van der Waals surface area contributed by atoms with Crippen LogP contribution in [0.25, 0.3) is 0 Å². The van der Waals surface area contributed by atoms with Crippen LogP contribution in [0.15, 0.2) is 24.3 Å². The van der Waals surface area contributed by atoms with E-state index in [1.54, 1.807) is 0 Å². The zero-order valence-electron chi connectivity index (χ0n) is 16.0. The molecule has 3 nitrogen and oxygen atoms in total. The molecule has 2 heterocycles. The molecule has 0 aliphatic carbocycles. The zero-order valence-corrected chi connectivity index (χ0v) is 16.9. The van der Waals surface area contributed by atoms with Gasteiger partial charge in [0, 0.05) is 31.6 Å². The predicted molar refractivity (Wildman–Crippen MR) is 106 cm³/mol. The Morgan fingerprint density at radius 1 is 1.12 bits per heavy atom. The largest absolute Gasteiger partial charge is 0.343 e. The van der Waals surface area contributed by atoms with Gasteiger partial charge in [-0.2, -0.15) is 0 Å². The summed E-state index contributed by atoms with van der Waals surface area (Å²) in [6.07, 6.45) is 6.26. The van der Waals surface area contributed by atoms with Gasteiger partial charge < -0.3 is 10.2 Å². The van der Waals surface area contributed by atoms with E-state index in [2.05, 4.69) is 50.4 Å². The average Bonchev–Trinajstić information content (AvgIpc) is 2.89. The number of piperidine rings is 1. The van der Waals surface area contributed by atoms with E-state index < -0.39 is 0 Å². The summed E-state index contributed by atoms with van der Waals surface area (Å²) in [6.45, 7) is 6.69. The number of hydrogen-bond donors (Lipinski definition) is 1. The number of rotatable bonds is 4. The van der Waals surface area contributed by atoms with Crippen molar-refractivity contribution in [3.05, 3.63) is 35.4 Å². The molecule has 2 bridgehead atoms. The highest BCUT2D eigenvalue weighted by Gasteiger charge is 2.36. The van der Waals surface area contributed by atoms with Crippen molar-refractivity contribution in [2.75, 3.05) is 7.05 Å². The van der Waals surface area contributed by atoms with Gasteiger partial charge in [-0.25, -0.2) is 0 Å². The molecule has 2 saturated heterocycles. The zero-order chi connectivity index (χ0) is 17.3. The lowest BCUT2D eigenvalue weighted by Crippen LogP contribution is -2.48. The second-order valence-electron chi connectivity index (χ2n) is 8.71. The first-order valence-electron chi connectivity index (χ1n) is 9.44. The molecule has 1 N–H and O–H groups in total. The first-order chi connectivity index (χ1) is 11.3. The Hall–Kier alpha value is -1.06. The van der Waals surface area contributed by atoms with Crippen LogP contribution in [0.2, 0.25) is 0 Å². The Labute approximate surface area is 159 Å². The van der Waals surface area contributed by atoms with E-state index in [0.29, 0.717) is 30.5 Å². The van der Waals surface area contributed by atoms with Crippen LogP contribution in [0.1, 0.15) is 64.0 Å². The van der Waals surface area contributed by atoms with Crippen LogP contribution < -0.4 is 5.32 Å². The topological polar surface area (TPSA) is 32.3 Å². The number of carbonyl (C=O) groups is 1. The maximum absolute atomic E-state index is 12.6. The van der Waals surface area contributed by atoms with Gasteiger partial charge in [0.15, 0.2) is 0 Å². The van der Waals surface area contributed by atoms with E-state index in [-0.39, 0.29) is 17.8 Å². The molecule has 0 radical (unpaired) electrons. The van der Waals surface area contributed by atoms with Crippen molar-refractivity contribution in [1.29, 1.82) is 0 Å². The van der Waals surface area contributed by atoms with E-state index in [1.165, 1.54) is 24.0 Å². The minimum atomic E-state index is 0. The molecule has 2 unspecified atom stereocenters. The second kappa shape index (κ2) is 8.09. The number of halogens is 1. The maximum Gasteiger partial charge on any atom is 0.222 e. The summed E-state index contributed by atoms with van der Waals surface area (Å²) in [5.74, 6) is 0.293. The van der Waals surface area contributed by atoms with Gasteiger partial charge in [0.2, 0.25) is 5.91 Å². The number of nitrogens with one attached hydrogen (secondary N) is 1. The molecule has 2 atom stereocenters. The Bertz CT molecular complexity index is 567. The van der Waals surface area contributed by atoms with Crippen molar-refractivity contribution in [2.24, 2.45) is 0 Å². The highest BCUT2D eigenvalue weighted by molar-refractivity contribution is 5.85. The van der Waals surface area contributed by atoms with Gasteiger partial charge in [-0.05, 0) is 48.6 Å². The Morgan fingerprint density at radius 2 is 1.68 bits per heavy atom. The van der Waals surface area contributed by atoms with Gasteiger partial charge in [-0.3, -0.25) is 4.79 Å². The Kier molecular flexibility index (Phi) is 6.56. The van der Waals surface area contributed by atoms with Gasteiger partial charge in [0.1, 0.15) is 0 Å². The molecule has 140 valence electrons. The van der Waals surface area contributed by atoms with Crippen LogP contribution in [0, 0.1) is 0 Å². The quantitative estimate of drug-likeness (QED) is 0.873. The van der Waals surface area contributed by atoms with Crippen molar-refractivity contribution >= 4 is 18.3 Å². The van der Waals surface area contributed by atoms with Crippen LogP contribution in [0.3, 0.4) is 0 Å². The summed E-state index contributed by atoms with van der Waals surface area (Å²) >= 11 is 0. The predicted octanol–water partition coefficient (Wildman–Crippen LogP) is 4.08. The Balaban J connectivity index is 0.00000225. The third kappa shape index (κ3) is 4.98. The van der Waals surface area contributed by atoms with Crippen LogP contribution in [-0.2, 0) is 16.6 Å². The van der Waals surface area contributed by atoms with Crippen molar-refractivity contribution < 1.29 is 4.79 Å². The summed E-state index contributed by atoms with van der Waals surface area (Å²) in [4.78, 5) is 14.6. The molecule has 0 aromatic heterocycles. The van der Waals surface area contributed by atoms with Crippen molar-refractivity contribution in [2.45, 2.75) is 82.8 Å². The molecule has 1 aromatic carbocycles. The molecule has 1 aromatic rings. The average molecular weight is 365 g/mol. The standard InChI is InChI=1S/C21H32N2O.ClH/c1-21(2,3)16-8-5-15(6-9-16)7-12-20(24)23(4)19-13-17-10-11-18(14-19)22-17;/h5-6,8-9,17-19,22H,7,10-14H2,1-4H3;1H. The lowest BCUT2D eigenvalue weighted by Gasteiger charge is -2.35. The number of carbonyl (C=O) groups excluding carboxylic acids is 1. The molecule has 4 heteroatoms. The second-order valence-corrected chi connectivity index (χ2v) is 8.71. The van der Waals surface area contributed by atoms with Gasteiger partial charge >= 0.3 is 0 Å². The van der Waals surface area contributed by atoms with Crippen LogP contribution >= 0.6 is 12.4 Å². The van der Waals surface area contributed by atoms with Gasteiger partial charge in [0.05, 0.1) is 0 Å². The molecule has 2 aliphatic heterocycles. The summed E-state index contributed by atoms with van der Waals surface area (Å²) in [5.41, 5.74) is 2.79. The van der Waals surface area contributed by atoms with Gasteiger partial charge in [-0.15, -0.1) is 12.4 Å². The summed E-state index contributed by atoms with van der Waals surface area (Å²) < 4.78 is 0. The van der Waals surface area contributed by atoms with Crippen LogP contribution in [-0.4, -0.2) is 36.0 Å². The number of aryl methyl sites for hydroxylation is 1. The van der Waals surface area contributed by atoms with E-state index in [4.69, 9.17) is 0 Å². The molecule has 0 spiro atoms. The highest BCUT2D eigenvalue weighted by atomic mass is 35.5. The SMILES string of the molecule is CN(C(=O)CCc1ccc(C(C)(C)C)cc1)C1CC2CCC(C1)N2.Cl. The number of amides is 1. The van der Waals surface area contributed by atoms with Crippen molar-refractivity contribution in [3.63, 3.8) is 0 Å². The van der Waals surface area contributed by atoms with Crippen molar-refractivity contribution in [1.82, 2.24) is 10.2 Å². The fourth-order valence-corrected chi connectivity index (χ4v) is 4.15. The van der Waals surface area contributed by atoms with E-state index >= 15 is 0 Å². The van der Waals surface area contributed by atoms with E-state index in [0.717, 1.165) is 19.3 Å². The number of benzene rings is 1. The van der Waals surface area contributed by atoms with E-state index in [1.807, 2.05) is 11.9 Å². The smallest absolute Gasteiger partial charge is 0.222 e. The molecular weight excluding hydrogens is 332 g/mol. The minimum Gasteiger partial charge on any atom is -0.343 e. The third-order valence-corrected chi connectivity index (χ3v) is 5.84. The lowest BCUT2D eigenvalue weighted by atomic mass is 9.86. The van der Waals surface area contributed by atoms with Crippen LogP contribution in [0.4, 0.5) is 0 Å². The summed E-state index contributed by atoms with van der Waals surface area (Å²) in [7, 11) is 2.00. The molecular formula is C21H33ClN2O. The molecule has 2 aliphatic rings. The summed E-state index contributed by atoms with van der Waals surface area (Å²) in [6, 6.07) is 10.5. The Morgan fingerprint density at radius 3 is 2.20 bits per heavy atom.